The molecule has 0 aliphatic rings. The van der Waals surface area contributed by atoms with Crippen LogP contribution in [0, 0.1) is 0 Å². The Morgan fingerprint density at radius 3 is 1.39 bits per heavy atom. The molecule has 0 aliphatic heterocycles. The average molecular weight is 344 g/mol. The molecule has 0 N–H and O–H groups in total. The van der Waals surface area contributed by atoms with Gasteiger partial charge in [0.25, 0.3) is 0 Å². The second kappa shape index (κ2) is 8.18. The molecule has 2 aromatic rings. The average Bonchev–Trinajstić information content (AvgIpc) is 2.42. The van der Waals surface area contributed by atoms with Crippen molar-refractivity contribution < 1.29 is 12.7 Å². The van der Waals surface area contributed by atoms with Crippen molar-refractivity contribution in [3.8, 4) is 0 Å². The van der Waals surface area contributed by atoms with Crippen molar-refractivity contribution in [3.63, 3.8) is 0 Å². The quantitative estimate of drug-likeness (QED) is 0.519. The van der Waals surface area contributed by atoms with Crippen molar-refractivity contribution in [1.82, 2.24) is 0 Å². The van der Waals surface area contributed by atoms with Crippen LogP contribution in [0.1, 0.15) is 18.1 Å². The van der Waals surface area contributed by atoms with Gasteiger partial charge in [0, 0.05) is 5.16 Å². The third kappa shape index (κ3) is 4.56. The van der Waals surface area contributed by atoms with Crippen LogP contribution in [-0.2, 0) is 17.8 Å². The maximum absolute atomic E-state index is 4.70. The van der Waals surface area contributed by atoms with E-state index in [4.69, 9.17) is 20.4 Å². The number of hydrogen-bond donors (Lipinski definition) is 0. The van der Waals surface area contributed by atoms with Gasteiger partial charge in [0.15, 0.2) is 0 Å². The molecule has 1 atom stereocenters. The van der Waals surface area contributed by atoms with Crippen LogP contribution < -0.4 is 0 Å². The number of benzene rings is 2. The van der Waals surface area contributed by atoms with Crippen molar-refractivity contribution in [1.29, 1.82) is 0 Å². The van der Waals surface area contributed by atoms with E-state index in [1.54, 1.807) is 0 Å². The summed E-state index contributed by atoms with van der Waals surface area (Å²) in [4.78, 5) is 0. The molecule has 100 valence electrons. The van der Waals surface area contributed by atoms with Crippen molar-refractivity contribution in [3.05, 3.63) is 71.8 Å². The third-order valence-electron chi connectivity index (χ3n) is 2.75. The van der Waals surface area contributed by atoms with Crippen LogP contribution in [0.4, 0.5) is 0 Å². The number of hydrogen-bond acceptors (Lipinski definition) is 0. The fourth-order valence-corrected chi connectivity index (χ4v) is 2.12. The predicted molar refractivity (Wildman–Crippen MR) is 80.8 cm³/mol. The second-order valence-corrected chi connectivity index (χ2v) is 6.77. The Labute approximate surface area is 126 Å². The van der Waals surface area contributed by atoms with Crippen molar-refractivity contribution in [2.24, 2.45) is 0 Å². The Morgan fingerprint density at radius 1 is 0.833 bits per heavy atom. The molecule has 0 fully saturated rings. The van der Waals surface area contributed by atoms with Gasteiger partial charge in [-0.1, -0.05) is 60.7 Å². The predicted octanol–water partition coefficient (Wildman–Crippen LogP) is 5.20. The molecule has 0 heterocycles. The standard InChI is InChI=1S/C14H15P.2ClH.Ni/c1-14(15,12-8-4-2-5-9-12)13-10-6-3-7-11-13;;;/h2-11H,15H2,1H3;2*1H;/q;;;+2/p-2. The Balaban J connectivity index is 0.000000492. The molecule has 0 bridgehead atoms. The van der Waals surface area contributed by atoms with Gasteiger partial charge in [0.1, 0.15) is 0 Å². The van der Waals surface area contributed by atoms with Gasteiger partial charge in [-0.2, -0.15) is 0 Å². The van der Waals surface area contributed by atoms with Gasteiger partial charge in [-0.05, 0) is 18.1 Å². The van der Waals surface area contributed by atoms with Gasteiger partial charge in [-0.25, -0.2) is 0 Å². The van der Waals surface area contributed by atoms with Crippen LogP contribution in [0.15, 0.2) is 60.7 Å². The molecule has 0 spiro atoms. The molecule has 2 rings (SSSR count). The fraction of sp³-hybridized carbons (Fsp3) is 0.143. The first kappa shape index (κ1) is 16.0. The van der Waals surface area contributed by atoms with Gasteiger partial charge in [0.2, 0.25) is 0 Å². The Morgan fingerprint density at radius 2 is 1.11 bits per heavy atom. The number of halogens is 2. The number of rotatable bonds is 2. The van der Waals surface area contributed by atoms with Crippen molar-refractivity contribution in [2.45, 2.75) is 12.1 Å². The zero-order valence-electron chi connectivity index (χ0n) is 9.92. The van der Waals surface area contributed by atoms with E-state index in [9.17, 15) is 0 Å². The summed E-state index contributed by atoms with van der Waals surface area (Å²) in [6, 6.07) is 21.1. The monoisotopic (exact) mass is 342 g/mol. The molecule has 0 saturated heterocycles. The van der Waals surface area contributed by atoms with Crippen molar-refractivity contribution in [2.75, 3.05) is 0 Å². The van der Waals surface area contributed by atoms with Crippen LogP contribution in [-0.4, -0.2) is 0 Å². The summed E-state index contributed by atoms with van der Waals surface area (Å²) in [5.74, 6) is 0. The Bertz CT molecular complexity index is 404. The third-order valence-corrected chi connectivity index (χ3v) is 3.41. The molecule has 0 amide bonds. The van der Waals surface area contributed by atoms with Crippen LogP contribution in [0.25, 0.3) is 0 Å². The minimum absolute atomic E-state index is 0.00250. The summed E-state index contributed by atoms with van der Waals surface area (Å²) >= 11 is 0.569. The first-order valence-corrected chi connectivity index (χ1v) is 8.64. The molecule has 0 radical (unpaired) electrons. The molecule has 0 aliphatic carbocycles. The molecule has 1 unspecified atom stereocenters. The molecule has 2 aromatic carbocycles. The van der Waals surface area contributed by atoms with Gasteiger partial charge >= 0.3 is 33.0 Å². The summed E-state index contributed by atoms with van der Waals surface area (Å²) in [6.07, 6.45) is 0. The molecule has 0 nitrogen and oxygen atoms in total. The van der Waals surface area contributed by atoms with Gasteiger partial charge < -0.3 is 0 Å². The Hall–Kier alpha value is -0.0565. The minimum atomic E-state index is 0.00250. The van der Waals surface area contributed by atoms with E-state index in [2.05, 4.69) is 76.8 Å². The van der Waals surface area contributed by atoms with E-state index in [1.807, 2.05) is 0 Å². The SMILES string of the molecule is CC(P)(c1ccccc1)c1ccccc1.[Cl][Ni][Cl]. The second-order valence-electron chi connectivity index (χ2n) is 3.98. The summed E-state index contributed by atoms with van der Waals surface area (Å²) in [6.45, 7) is 2.22. The first-order valence-electron chi connectivity index (χ1n) is 5.35. The maximum atomic E-state index is 4.70. The molecular formula is C14H15Cl2NiP. The molecule has 0 saturated carbocycles. The zero-order chi connectivity index (χ0) is 13.4. The van der Waals surface area contributed by atoms with Gasteiger partial charge in [-0.3, -0.25) is 0 Å². The molecular weight excluding hydrogens is 329 g/mol. The summed E-state index contributed by atoms with van der Waals surface area (Å²) < 4.78 is 0. The summed E-state index contributed by atoms with van der Waals surface area (Å²) in [5, 5.41) is 0.00250. The van der Waals surface area contributed by atoms with E-state index in [0.717, 1.165) is 0 Å². The van der Waals surface area contributed by atoms with Crippen molar-refractivity contribution >= 4 is 29.6 Å². The summed E-state index contributed by atoms with van der Waals surface area (Å²) in [7, 11) is 12.3. The van der Waals surface area contributed by atoms with E-state index < -0.39 is 0 Å². The molecule has 0 aromatic heterocycles. The van der Waals surface area contributed by atoms with Crippen LogP contribution in [0.3, 0.4) is 0 Å². The van der Waals surface area contributed by atoms with E-state index >= 15 is 0 Å². The summed E-state index contributed by atoms with van der Waals surface area (Å²) in [5.41, 5.74) is 2.64. The van der Waals surface area contributed by atoms with Crippen LogP contribution in [0.5, 0.6) is 0 Å². The topological polar surface area (TPSA) is 0 Å². The first-order chi connectivity index (χ1) is 8.62. The van der Waals surface area contributed by atoms with Crippen LogP contribution >= 0.6 is 29.6 Å². The van der Waals surface area contributed by atoms with Gasteiger partial charge in [-0.15, -0.1) is 9.24 Å². The van der Waals surface area contributed by atoms with E-state index in [0.29, 0.717) is 12.7 Å². The zero-order valence-corrected chi connectivity index (χ0v) is 13.6. The molecule has 18 heavy (non-hydrogen) atoms. The normalized spacial score (nSPS) is 10.7. The Kier molecular flexibility index (Phi) is 7.27. The fourth-order valence-electron chi connectivity index (χ4n) is 1.74. The van der Waals surface area contributed by atoms with E-state index in [1.165, 1.54) is 11.1 Å². The van der Waals surface area contributed by atoms with Gasteiger partial charge in [0.05, 0.1) is 0 Å². The van der Waals surface area contributed by atoms with Crippen LogP contribution in [0.2, 0.25) is 0 Å². The van der Waals surface area contributed by atoms with E-state index in [-0.39, 0.29) is 5.16 Å². The molecule has 4 heteroatoms.